The Labute approximate surface area is 941 Å². The molecule has 66 heteroatoms. The number of hydrogen-bond acceptors (Lipinski definition) is 30. The standard InChI is InChI=1S/C22H21Cl2F2N5O6S.C21H19Cl2F2N5O6S.C18H19BrCl2N2O4S.C12H7BrCl3NO4S.C6H12ClN.C4H5F2N3O2.BBr3.B.H2/c1-22(2)7-10(8-22)30-38(34,35)15-6-16(27-9-14(15)36-3)37-18-12(23)4-11(5-13(18)24)31-21(33)28-20(32)17(29-31)19(25)26;1-21(2)6-9(7-21)29-37(34,35)14-5-15(26-8-13(14)31)36-17-11(22)3-10(4-12(17)23)30-20(33)27-19(32)16(28-30)18(24)25;1-18(2)7-11(8-18)23-28(24,25)15-6-16(22-9-14(15)26-3)27-17-12(20)4-10(19)5-13(17)21;1-20-9-5-17-11(4-10(9)22(16,18)19)21-12-7(14)2-6(13)3-8(12)15;1-6(2)3-5(4-6)8-7;5-2(6)1(7)3(10)9-4(8)11;2-1(3)4;;/h4-6,9-10,19,30H,7-8H2,1-3H3,(H,28,32,33);3-5,8-9,18,29,31H,6-7H2,1-2H3,(H,27,32,33);4-6,9,11,23H,7-8H2,1-3H3;2-5H,1H3;5,8H,3-4H2,1-2H3;2,7H,(H3,8,9,10,11);;;1H. The first-order valence-electron chi connectivity index (χ1n) is 41.5. The Morgan fingerprint density at radius 3 is 0.980 bits per heavy atom. The van der Waals surface area contributed by atoms with E-state index in [9.17, 15) is 93.9 Å². The zero-order valence-electron chi connectivity index (χ0n) is 78.3. The van der Waals surface area contributed by atoms with Crippen molar-refractivity contribution in [2.75, 3.05) is 21.3 Å². The van der Waals surface area contributed by atoms with Gasteiger partial charge in [0, 0.05) is 77.9 Å². The number of H-pyrrole nitrogens is 2. The van der Waals surface area contributed by atoms with Crippen molar-refractivity contribution in [2.24, 2.45) is 27.4 Å². The van der Waals surface area contributed by atoms with Gasteiger partial charge in [-0.05, 0) is 133 Å². The Hall–Kier alpha value is -7.64. The van der Waals surface area contributed by atoms with Gasteiger partial charge in [0.1, 0.15) is 19.6 Å². The number of halogens is 21. The average molecular weight is 2690 g/mol. The van der Waals surface area contributed by atoms with Crippen molar-refractivity contribution in [1.82, 2.24) is 73.8 Å². The molecule has 0 aliphatic heterocycles. The molecule has 11 N–H and O–H groups in total. The maximum absolute atomic E-state index is 13.1. The first-order valence-corrected chi connectivity index (χ1v) is 56.0. The second-order valence-electron chi connectivity index (χ2n) is 34.8. The molecule has 4 aromatic carbocycles. The number of nitrogens with zero attached hydrogens (tertiary/aromatic N) is 8. The van der Waals surface area contributed by atoms with Crippen LogP contribution in [0.1, 0.15) is 132 Å². The molecular weight excluding hydrogens is 2600 g/mol. The molecule has 14 rings (SSSR count). The Kier molecular flexibility index (Phi) is 46.2. The summed E-state index contributed by atoms with van der Waals surface area (Å²) in [4.78, 5) is 88.5. The number of amides is 3. The summed E-state index contributed by atoms with van der Waals surface area (Å²) < 4.78 is 224. The summed E-state index contributed by atoms with van der Waals surface area (Å²) >= 11 is 70.6. The normalized spacial score (nSPS) is 14.9. The number of aromatic hydroxyl groups is 1. The Bertz CT molecular complexity index is 7300. The van der Waals surface area contributed by atoms with E-state index in [-0.39, 0.29) is 177 Å². The summed E-state index contributed by atoms with van der Waals surface area (Å²) in [6.07, 6.45) is 1.38. The van der Waals surface area contributed by atoms with E-state index in [1.54, 1.807) is 34.2 Å². The molecule has 0 spiro atoms. The predicted octanol–water partition coefficient (Wildman–Crippen LogP) is 21.1. The minimum absolute atomic E-state index is 0. The highest BCUT2D eigenvalue weighted by molar-refractivity contribution is 9.69. The van der Waals surface area contributed by atoms with Gasteiger partial charge >= 0.3 is 20.6 Å². The monoisotopic (exact) mass is 2680 g/mol. The molecule has 6 aromatic heterocycles. The maximum atomic E-state index is 13.1. The summed E-state index contributed by atoms with van der Waals surface area (Å²) in [7, 11) is -6.66. The molecule has 6 heterocycles. The van der Waals surface area contributed by atoms with E-state index in [0.717, 1.165) is 67.7 Å². The average Bonchev–Trinajstić information content (AvgIpc) is 0.772. The Balaban J connectivity index is 0.000000287. The van der Waals surface area contributed by atoms with Crippen molar-refractivity contribution in [3.05, 3.63) is 200 Å². The van der Waals surface area contributed by atoms with E-state index < -0.39 is 121 Å². The quantitative estimate of drug-likeness (QED) is 0.00716. The number of aromatic nitrogens is 10. The minimum atomic E-state index is -4.12. The van der Waals surface area contributed by atoms with Crippen LogP contribution in [0.15, 0.2) is 145 Å². The fraction of sp³-hybridized carbons (Fsp3) is 0.361. The number of nitrogens with one attached hydrogen (secondary N) is 8. The Morgan fingerprint density at radius 2 is 0.732 bits per heavy atom. The Morgan fingerprint density at radius 1 is 0.477 bits per heavy atom. The van der Waals surface area contributed by atoms with Gasteiger partial charge in [0.2, 0.25) is 53.6 Å². The van der Waals surface area contributed by atoms with Crippen molar-refractivity contribution >= 4 is 263 Å². The van der Waals surface area contributed by atoms with Gasteiger partial charge in [0.15, 0.2) is 63.1 Å². The van der Waals surface area contributed by atoms with Gasteiger partial charge in [-0.15, -0.1) is 47.3 Å². The van der Waals surface area contributed by atoms with Gasteiger partial charge in [-0.2, -0.15) is 19.6 Å². The van der Waals surface area contributed by atoms with E-state index in [1.807, 2.05) is 27.7 Å². The number of primary amides is 1. The number of urea groups is 1. The predicted molar refractivity (Wildman–Crippen MR) is 570 cm³/mol. The van der Waals surface area contributed by atoms with Crippen LogP contribution < -0.4 is 85.7 Å². The zero-order valence-corrected chi connectivity index (χ0v) is 97.1. The number of hydrogen-bond donors (Lipinski definition) is 10. The molecule has 0 unspecified atom stereocenters. The van der Waals surface area contributed by atoms with Crippen LogP contribution in [0.25, 0.3) is 11.4 Å². The first kappa shape index (κ1) is 128. The SMILES string of the molecule is BrB(Br)Br.CC1(C)CC(NCl)C1.CC1(C)CC(NS(=O)(=O)c2cc(Oc3c(Cl)cc(-n4nc(C(F)F)c(=O)[nH]c4=O)cc3Cl)ncc2O)C1.COc1cnc(Oc2c(Cl)cc(-n3nc(C(F)F)c(=O)[nH]c3=O)cc2Cl)cc1S(=O)(=O)NC1CC(C)(C)C1.COc1cnc(Oc2c(Cl)cc(Br)cc2Cl)cc1S(=O)(=O)Cl.COc1cnc(Oc2c(Cl)cc(Br)cc2Cl)cc1S(=O)(=O)NC1CC(C)(C)C1.N=C(C(=O)NC(N)=O)C(F)F.[B].[HH]. The lowest BCUT2D eigenvalue weighted by Gasteiger charge is -2.42. The van der Waals surface area contributed by atoms with Crippen LogP contribution in [-0.2, 0) is 43.9 Å². The van der Waals surface area contributed by atoms with Crippen molar-refractivity contribution in [2.45, 2.75) is 170 Å². The second kappa shape index (κ2) is 53.7. The van der Waals surface area contributed by atoms with Gasteiger partial charge in [-0.25, -0.2) is 113 Å². The van der Waals surface area contributed by atoms with Gasteiger partial charge in [-0.1, -0.05) is 180 Å². The lowest BCUT2D eigenvalue weighted by Crippen LogP contribution is -2.48. The number of pyridine rings is 4. The highest BCUT2D eigenvalue weighted by atomic mass is 79.9. The van der Waals surface area contributed by atoms with Crippen molar-refractivity contribution < 1.29 is 109 Å². The van der Waals surface area contributed by atoms with Gasteiger partial charge in [0.25, 0.3) is 45.4 Å². The van der Waals surface area contributed by atoms with E-state index in [2.05, 4.69) is 162 Å². The number of carbonyl (C=O) groups excluding carboxylic acids is 2. The molecule has 10 aromatic rings. The fourth-order valence-electron chi connectivity index (χ4n) is 14.4. The summed E-state index contributed by atoms with van der Waals surface area (Å²) in [5.41, 5.74) is -3.88. The number of methoxy groups -OCH3 is 3. The highest BCUT2D eigenvalue weighted by Crippen LogP contribution is 2.49. The molecular formula is C83H85B2Br5Cl10F6N17O22S4. The number of imide groups is 1. The van der Waals surface area contributed by atoms with E-state index in [0.29, 0.717) is 55.4 Å². The number of ether oxygens (including phenoxy) is 7. The number of aromatic amines is 2. The fourth-order valence-corrected chi connectivity index (χ4v) is 23.3. The third-order valence-corrected chi connectivity index (χ3v) is 30.0. The molecule has 811 valence electrons. The third kappa shape index (κ3) is 36.5. The van der Waals surface area contributed by atoms with E-state index in [1.165, 1.54) is 57.9 Å². The highest BCUT2D eigenvalue weighted by Gasteiger charge is 2.43. The second-order valence-corrected chi connectivity index (χ2v) is 54.1. The van der Waals surface area contributed by atoms with Crippen LogP contribution in [0, 0.1) is 27.1 Å². The van der Waals surface area contributed by atoms with Gasteiger partial charge in [0.05, 0.1) is 97.7 Å². The van der Waals surface area contributed by atoms with Crippen LogP contribution in [0.2, 0.25) is 40.2 Å². The van der Waals surface area contributed by atoms with E-state index in [4.69, 9.17) is 154 Å². The number of benzene rings is 4. The van der Waals surface area contributed by atoms with Crippen LogP contribution in [0.3, 0.4) is 0 Å². The number of rotatable bonds is 28. The van der Waals surface area contributed by atoms with Crippen molar-refractivity contribution in [3.8, 4) is 80.9 Å². The molecule has 149 heavy (non-hydrogen) atoms. The molecule has 0 atom stereocenters. The van der Waals surface area contributed by atoms with Crippen LogP contribution in [0.4, 0.5) is 31.1 Å². The van der Waals surface area contributed by atoms with Crippen molar-refractivity contribution in [1.29, 1.82) is 5.41 Å². The molecule has 4 fully saturated rings. The summed E-state index contributed by atoms with van der Waals surface area (Å²) in [6, 6.07) is 14.0. The van der Waals surface area contributed by atoms with Gasteiger partial charge in [-0.3, -0.25) is 35.1 Å². The molecule has 4 aliphatic carbocycles. The minimum Gasteiger partial charge on any atom is -0.505 e. The van der Waals surface area contributed by atoms with Crippen LogP contribution in [-0.4, -0.2) is 169 Å². The number of sulfonamides is 3. The van der Waals surface area contributed by atoms with Gasteiger partial charge < -0.3 is 44.0 Å². The van der Waals surface area contributed by atoms with Crippen molar-refractivity contribution in [3.63, 3.8) is 0 Å². The molecule has 39 nitrogen and oxygen atoms in total. The molecule has 4 saturated carbocycles. The summed E-state index contributed by atoms with van der Waals surface area (Å²) in [6.45, 7) is 16.8. The molecule has 4 aliphatic rings. The third-order valence-electron chi connectivity index (χ3n) is 20.6. The smallest absolute Gasteiger partial charge is 0.369 e. The lowest BCUT2D eigenvalue weighted by molar-refractivity contribution is -0.114. The van der Waals surface area contributed by atoms with Crippen LogP contribution in [0.5, 0.6) is 69.5 Å². The van der Waals surface area contributed by atoms with E-state index >= 15 is 0 Å². The maximum Gasteiger partial charge on any atom is 0.369 e. The van der Waals surface area contributed by atoms with Crippen LogP contribution >= 0.6 is 194 Å². The lowest BCUT2D eigenvalue weighted by atomic mass is 9.69. The first-order chi connectivity index (χ1) is 68.4. The topological polar surface area (TPSA) is 553 Å². The number of carbonyl (C=O) groups is 2. The zero-order chi connectivity index (χ0) is 111. The largest absolute Gasteiger partial charge is 0.505 e. The summed E-state index contributed by atoms with van der Waals surface area (Å²) in [5, 5.41) is 24.7. The number of alkyl halides is 6. The molecule has 3 radical (unpaired) electrons. The molecule has 0 saturated heterocycles. The number of nitrogens with two attached hydrogens (primary N) is 1. The molecule has 0 bridgehead atoms. The summed E-state index contributed by atoms with van der Waals surface area (Å²) in [5.74, 6) is -2.56. The molecule has 3 amide bonds.